The molecule has 176 valence electrons. The lowest BCUT2D eigenvalue weighted by Crippen LogP contribution is -2.68. The molecule has 8 nitrogen and oxygen atoms in total. The number of thiazole rings is 1. The first-order valence-electron chi connectivity index (χ1n) is 9.70. The first kappa shape index (κ1) is 25.7. The quantitative estimate of drug-likeness (QED) is 0.244. The number of halogens is 1. The Morgan fingerprint density at radius 1 is 0.824 bits per heavy atom. The summed E-state index contributed by atoms with van der Waals surface area (Å²) >= 11 is 1.36. The number of anilines is 1. The SMILES string of the molecule is COC(=O)c1nc(N)sc1[P+](c1ccccc1)(c1ccccc1)c1ccccc1.[O-][Cl+3]([O-])([O-])[O-]. The molecule has 11 heteroatoms. The van der Waals surface area contributed by atoms with Crippen LogP contribution in [0.3, 0.4) is 0 Å². The Labute approximate surface area is 203 Å². The van der Waals surface area contributed by atoms with E-state index in [0.29, 0.717) is 10.8 Å². The molecule has 0 unspecified atom stereocenters. The van der Waals surface area contributed by atoms with Crippen molar-refractivity contribution in [2.75, 3.05) is 12.8 Å². The number of nitrogen functional groups attached to an aromatic ring is 1. The molecule has 0 saturated carbocycles. The van der Waals surface area contributed by atoms with Gasteiger partial charge in [-0.3, -0.25) is 0 Å². The molecule has 3 aromatic carbocycles. The fourth-order valence-electron chi connectivity index (χ4n) is 3.54. The van der Waals surface area contributed by atoms with Crippen molar-refractivity contribution in [2.24, 2.45) is 0 Å². The summed E-state index contributed by atoms with van der Waals surface area (Å²) in [6.07, 6.45) is 0. The maximum Gasteiger partial charge on any atom is 0.361 e. The number of hydrogen-bond donors (Lipinski definition) is 1. The van der Waals surface area contributed by atoms with Gasteiger partial charge in [0.25, 0.3) is 0 Å². The molecule has 0 bridgehead atoms. The average Bonchev–Trinajstić information content (AvgIpc) is 3.22. The fraction of sp³-hybridized carbons (Fsp3) is 0.0435. The zero-order valence-electron chi connectivity index (χ0n) is 17.9. The number of carbonyl (C=O) groups is 1. The van der Waals surface area contributed by atoms with Crippen LogP contribution in [0.15, 0.2) is 91.0 Å². The number of esters is 1. The number of nitrogens with zero attached hydrogens (tertiary/aromatic N) is 1. The molecule has 0 aliphatic heterocycles. The first-order chi connectivity index (χ1) is 16.2. The van der Waals surface area contributed by atoms with Crippen molar-refractivity contribution < 1.29 is 38.4 Å². The van der Waals surface area contributed by atoms with E-state index in [-0.39, 0.29) is 0 Å². The molecule has 0 aliphatic carbocycles. The van der Waals surface area contributed by atoms with Gasteiger partial charge in [0.15, 0.2) is 17.0 Å². The molecule has 34 heavy (non-hydrogen) atoms. The topological polar surface area (TPSA) is 157 Å². The summed E-state index contributed by atoms with van der Waals surface area (Å²) < 4.78 is 39.9. The van der Waals surface area contributed by atoms with E-state index in [0.717, 1.165) is 20.5 Å². The summed E-state index contributed by atoms with van der Waals surface area (Å²) in [5, 5.41) is 3.75. The lowest BCUT2D eigenvalue weighted by Gasteiger charge is -2.26. The Kier molecular flexibility index (Phi) is 8.35. The number of benzene rings is 3. The minimum Gasteiger partial charge on any atom is -0.464 e. The van der Waals surface area contributed by atoms with Crippen molar-refractivity contribution in [2.45, 2.75) is 0 Å². The van der Waals surface area contributed by atoms with Gasteiger partial charge in [0.2, 0.25) is 5.69 Å². The molecule has 1 heterocycles. The lowest BCUT2D eigenvalue weighted by atomic mass is 10.4. The molecule has 0 atom stereocenters. The summed E-state index contributed by atoms with van der Waals surface area (Å²) in [4.78, 5) is 17.0. The predicted octanol–water partition coefficient (Wildman–Crippen LogP) is -1.62. The van der Waals surface area contributed by atoms with E-state index in [1.54, 1.807) is 0 Å². The molecule has 4 aromatic rings. The Balaban J connectivity index is 0.000000588. The first-order valence-corrected chi connectivity index (χ1v) is 13.5. The van der Waals surface area contributed by atoms with Gasteiger partial charge >= 0.3 is 5.97 Å². The third-order valence-corrected chi connectivity index (χ3v) is 10.6. The number of methoxy groups -OCH3 is 1. The Morgan fingerprint density at radius 3 is 1.50 bits per heavy atom. The molecular weight excluding hydrogens is 499 g/mol. The normalized spacial score (nSPS) is 11.3. The van der Waals surface area contributed by atoms with Crippen LogP contribution in [0.4, 0.5) is 5.13 Å². The van der Waals surface area contributed by atoms with E-state index >= 15 is 0 Å². The molecular formula is C23H20ClN2O6PS. The minimum absolute atomic E-state index is 0.292. The second-order valence-corrected chi connectivity index (χ2v) is 12.2. The smallest absolute Gasteiger partial charge is 0.361 e. The van der Waals surface area contributed by atoms with Gasteiger partial charge in [-0.05, 0) is 36.4 Å². The van der Waals surface area contributed by atoms with Crippen molar-refractivity contribution in [3.8, 4) is 0 Å². The maximum atomic E-state index is 12.7. The van der Waals surface area contributed by atoms with E-state index in [9.17, 15) is 4.79 Å². The van der Waals surface area contributed by atoms with Crippen LogP contribution in [-0.2, 0) is 4.74 Å². The fourth-order valence-corrected chi connectivity index (χ4v) is 9.79. The highest BCUT2D eigenvalue weighted by molar-refractivity contribution is 8.04. The third-order valence-electron chi connectivity index (χ3n) is 4.74. The monoisotopic (exact) mass is 518 g/mol. The molecule has 2 N–H and O–H groups in total. The number of hydrogen-bond acceptors (Lipinski definition) is 9. The van der Waals surface area contributed by atoms with Gasteiger partial charge in [-0.15, -0.1) is 10.2 Å². The van der Waals surface area contributed by atoms with Crippen LogP contribution in [0.5, 0.6) is 0 Å². The van der Waals surface area contributed by atoms with Crippen molar-refractivity contribution in [3.05, 3.63) is 96.7 Å². The van der Waals surface area contributed by atoms with Crippen LogP contribution in [0.2, 0.25) is 0 Å². The van der Waals surface area contributed by atoms with Crippen LogP contribution in [0, 0.1) is 10.2 Å². The molecule has 0 saturated heterocycles. The minimum atomic E-state index is -4.94. The van der Waals surface area contributed by atoms with Crippen LogP contribution in [0.25, 0.3) is 0 Å². The van der Waals surface area contributed by atoms with Gasteiger partial charge in [-0.2, -0.15) is 0 Å². The number of nitrogens with two attached hydrogens (primary N) is 1. The van der Waals surface area contributed by atoms with Crippen molar-refractivity contribution >= 4 is 50.2 Å². The van der Waals surface area contributed by atoms with Crippen molar-refractivity contribution in [3.63, 3.8) is 0 Å². The number of aromatic nitrogens is 1. The largest absolute Gasteiger partial charge is 0.464 e. The summed E-state index contributed by atoms with van der Waals surface area (Å²) in [5.74, 6) is -0.472. The molecule has 0 aliphatic rings. The van der Waals surface area contributed by atoms with Gasteiger partial charge in [-0.1, -0.05) is 65.9 Å². The summed E-state index contributed by atoms with van der Waals surface area (Å²) in [5.41, 5.74) is 6.41. The standard InChI is InChI=1S/C23H20N2O2PS.ClHO4/c1-27-21(26)20-22(29-23(24)25-20)28(17-11-5-2-6-12-17,18-13-7-3-8-14-18)19-15-9-4-10-16-19;2-1(3,4)5/h2-16H,1H3,(H2,24,25);(H,2,3,4,5)/q+1;/p-1. The van der Waals surface area contributed by atoms with E-state index in [1.807, 2.05) is 54.6 Å². The van der Waals surface area contributed by atoms with E-state index < -0.39 is 23.5 Å². The van der Waals surface area contributed by atoms with E-state index in [1.165, 1.54) is 18.4 Å². The summed E-state index contributed by atoms with van der Waals surface area (Å²) in [6, 6.07) is 30.8. The zero-order chi connectivity index (χ0) is 24.8. The highest BCUT2D eigenvalue weighted by atomic mass is 35.7. The van der Waals surface area contributed by atoms with Gasteiger partial charge < -0.3 is 10.5 Å². The molecule has 0 spiro atoms. The second-order valence-electron chi connectivity index (χ2n) is 6.75. The van der Waals surface area contributed by atoms with Crippen molar-refractivity contribution in [1.82, 2.24) is 4.98 Å². The predicted molar refractivity (Wildman–Crippen MR) is 123 cm³/mol. The second kappa shape index (κ2) is 11.0. The number of carbonyl (C=O) groups excluding carboxylic acids is 1. The lowest BCUT2D eigenvalue weighted by molar-refractivity contribution is -2.00. The average molecular weight is 519 g/mol. The third kappa shape index (κ3) is 5.78. The van der Waals surface area contributed by atoms with Gasteiger partial charge in [-0.25, -0.2) is 28.4 Å². The maximum absolute atomic E-state index is 12.7. The highest BCUT2D eigenvalue weighted by Crippen LogP contribution is 2.56. The Bertz CT molecular complexity index is 1120. The van der Waals surface area contributed by atoms with Gasteiger partial charge in [0.1, 0.15) is 15.9 Å². The van der Waals surface area contributed by atoms with Crippen LogP contribution in [-0.4, -0.2) is 18.1 Å². The van der Waals surface area contributed by atoms with Gasteiger partial charge in [0.05, 0.1) is 7.11 Å². The van der Waals surface area contributed by atoms with Crippen molar-refractivity contribution in [1.29, 1.82) is 0 Å². The Morgan fingerprint density at radius 2 is 1.18 bits per heavy atom. The molecule has 1 aromatic heterocycles. The van der Waals surface area contributed by atoms with Gasteiger partial charge in [0, 0.05) is 0 Å². The van der Waals surface area contributed by atoms with Crippen LogP contribution >= 0.6 is 18.6 Å². The zero-order valence-corrected chi connectivity index (χ0v) is 20.3. The Hall–Kier alpha value is -2.88. The van der Waals surface area contributed by atoms with E-state index in [2.05, 4.69) is 41.4 Å². The number of ether oxygens (including phenoxy) is 1. The van der Waals surface area contributed by atoms with E-state index in [4.69, 9.17) is 29.1 Å². The number of rotatable bonds is 5. The molecule has 0 amide bonds. The van der Waals surface area contributed by atoms with Crippen LogP contribution < -0.4 is 44.9 Å². The summed E-state index contributed by atoms with van der Waals surface area (Å²) in [6.45, 7) is 0. The molecule has 4 rings (SSSR count). The molecule has 0 radical (unpaired) electrons. The summed E-state index contributed by atoms with van der Waals surface area (Å²) in [7, 11) is -5.99. The molecule has 0 fully saturated rings. The van der Waals surface area contributed by atoms with Crippen LogP contribution in [0.1, 0.15) is 10.5 Å². The highest BCUT2D eigenvalue weighted by Gasteiger charge is 2.52.